The van der Waals surface area contributed by atoms with E-state index in [1.54, 1.807) is 6.20 Å². The molecule has 0 fully saturated rings. The fourth-order valence-electron chi connectivity index (χ4n) is 5.19. The highest BCUT2D eigenvalue weighted by Crippen LogP contribution is 2.52. The van der Waals surface area contributed by atoms with Crippen molar-refractivity contribution in [1.29, 1.82) is 0 Å². The molecule has 2 aliphatic rings. The van der Waals surface area contributed by atoms with E-state index in [4.69, 9.17) is 5.73 Å². The third-order valence-corrected chi connectivity index (χ3v) is 8.07. The number of nitrogens with two attached hydrogens (primary N) is 1. The SMILES string of the molecule is CCCC1(CCC(C)CC)Cc2ccccc2C1NC(=O)NS/C(=C/N)C1=NCCCC1. The Bertz CT molecular complexity index is 837. The summed E-state index contributed by atoms with van der Waals surface area (Å²) in [5.74, 6) is 0.700. The van der Waals surface area contributed by atoms with Crippen LogP contribution in [0.2, 0.25) is 0 Å². The molecule has 0 radical (unpaired) electrons. The summed E-state index contributed by atoms with van der Waals surface area (Å²) in [5.41, 5.74) is 9.57. The summed E-state index contributed by atoms with van der Waals surface area (Å²) in [5, 5.41) is 3.36. The molecule has 0 saturated heterocycles. The molecular formula is C26H40N4OS. The van der Waals surface area contributed by atoms with Gasteiger partial charge in [0.1, 0.15) is 0 Å². The highest BCUT2D eigenvalue weighted by molar-refractivity contribution is 8.02. The van der Waals surface area contributed by atoms with Gasteiger partial charge in [-0.25, -0.2) is 4.79 Å². The van der Waals surface area contributed by atoms with E-state index in [0.717, 1.165) is 62.1 Å². The molecule has 1 heterocycles. The predicted molar refractivity (Wildman–Crippen MR) is 137 cm³/mol. The molecule has 2 amide bonds. The summed E-state index contributed by atoms with van der Waals surface area (Å²) >= 11 is 1.28. The Morgan fingerprint density at radius 3 is 2.81 bits per heavy atom. The summed E-state index contributed by atoms with van der Waals surface area (Å²) in [6, 6.07) is 8.50. The lowest BCUT2D eigenvalue weighted by atomic mass is 9.72. The monoisotopic (exact) mass is 456 g/mol. The average Bonchev–Trinajstić information content (AvgIpc) is 3.12. The van der Waals surface area contributed by atoms with E-state index in [-0.39, 0.29) is 17.5 Å². The molecule has 3 atom stereocenters. The number of aliphatic imine (C=N–C) groups is 1. The summed E-state index contributed by atoms with van der Waals surface area (Å²) < 4.78 is 2.98. The number of hydrogen-bond acceptors (Lipinski definition) is 4. The van der Waals surface area contributed by atoms with E-state index in [0.29, 0.717) is 5.92 Å². The van der Waals surface area contributed by atoms with Crippen LogP contribution in [-0.4, -0.2) is 18.3 Å². The van der Waals surface area contributed by atoms with Gasteiger partial charge in [0.05, 0.1) is 16.7 Å². The van der Waals surface area contributed by atoms with Gasteiger partial charge in [-0.15, -0.1) is 0 Å². The van der Waals surface area contributed by atoms with Crippen molar-refractivity contribution in [3.63, 3.8) is 0 Å². The summed E-state index contributed by atoms with van der Waals surface area (Å²) in [6.07, 6.45) is 11.5. The summed E-state index contributed by atoms with van der Waals surface area (Å²) in [7, 11) is 0. The number of nitrogens with one attached hydrogen (secondary N) is 2. The van der Waals surface area contributed by atoms with Gasteiger partial charge in [-0.2, -0.15) is 0 Å². The molecule has 3 rings (SSSR count). The lowest BCUT2D eigenvalue weighted by Gasteiger charge is -2.37. The number of carbonyl (C=O) groups excluding carboxylic acids is 1. The van der Waals surface area contributed by atoms with E-state index in [9.17, 15) is 4.79 Å². The molecule has 176 valence electrons. The number of fused-ring (bicyclic) bond motifs is 1. The Kier molecular flexibility index (Phi) is 9.09. The number of amides is 2. The van der Waals surface area contributed by atoms with E-state index < -0.39 is 0 Å². The number of benzene rings is 1. The Balaban J connectivity index is 1.74. The zero-order valence-electron chi connectivity index (χ0n) is 20.0. The Morgan fingerprint density at radius 2 is 2.12 bits per heavy atom. The zero-order valence-corrected chi connectivity index (χ0v) is 20.8. The van der Waals surface area contributed by atoms with Crippen molar-refractivity contribution in [2.45, 2.75) is 84.6 Å². The Labute approximate surface area is 198 Å². The molecule has 3 unspecified atom stereocenters. The molecule has 1 aromatic carbocycles. The maximum Gasteiger partial charge on any atom is 0.325 e. The number of nitrogens with zero attached hydrogens (tertiary/aromatic N) is 1. The van der Waals surface area contributed by atoms with E-state index in [1.807, 2.05) is 0 Å². The normalized spacial score (nSPS) is 23.9. The number of hydrogen-bond donors (Lipinski definition) is 3. The highest BCUT2D eigenvalue weighted by atomic mass is 32.2. The van der Waals surface area contributed by atoms with Crippen molar-refractivity contribution in [1.82, 2.24) is 10.0 Å². The maximum absolute atomic E-state index is 13.0. The van der Waals surface area contributed by atoms with Crippen LogP contribution in [0, 0.1) is 11.3 Å². The quantitative estimate of drug-likeness (QED) is 0.363. The molecule has 0 spiro atoms. The van der Waals surface area contributed by atoms with Crippen LogP contribution in [0.5, 0.6) is 0 Å². The predicted octanol–water partition coefficient (Wildman–Crippen LogP) is 6.27. The topological polar surface area (TPSA) is 79.5 Å². The zero-order chi connectivity index (χ0) is 23.0. The van der Waals surface area contributed by atoms with Crippen LogP contribution in [0.1, 0.15) is 89.3 Å². The third-order valence-electron chi connectivity index (χ3n) is 7.19. The van der Waals surface area contributed by atoms with Gasteiger partial charge in [-0.3, -0.25) is 9.71 Å². The Hall–Kier alpha value is -1.95. The second-order valence-electron chi connectivity index (χ2n) is 9.47. The van der Waals surface area contributed by atoms with Crippen molar-refractivity contribution in [2.24, 2.45) is 22.1 Å². The second-order valence-corrected chi connectivity index (χ2v) is 10.3. The van der Waals surface area contributed by atoms with E-state index >= 15 is 0 Å². The van der Waals surface area contributed by atoms with Crippen LogP contribution in [0.4, 0.5) is 4.79 Å². The number of allylic oxidation sites excluding steroid dienone is 1. The van der Waals surface area contributed by atoms with Gasteiger partial charge < -0.3 is 11.1 Å². The smallest absolute Gasteiger partial charge is 0.325 e. The molecule has 5 nitrogen and oxygen atoms in total. The van der Waals surface area contributed by atoms with Crippen molar-refractivity contribution in [3.05, 3.63) is 46.5 Å². The van der Waals surface area contributed by atoms with Gasteiger partial charge in [0.15, 0.2) is 0 Å². The minimum atomic E-state index is -0.156. The molecule has 1 aliphatic carbocycles. The molecule has 1 aromatic rings. The maximum atomic E-state index is 13.0. The van der Waals surface area contributed by atoms with Crippen LogP contribution < -0.4 is 15.8 Å². The molecule has 4 N–H and O–H groups in total. The Morgan fingerprint density at radius 1 is 1.31 bits per heavy atom. The lowest BCUT2D eigenvalue weighted by Crippen LogP contribution is -2.42. The van der Waals surface area contributed by atoms with Gasteiger partial charge in [0.2, 0.25) is 0 Å². The van der Waals surface area contributed by atoms with E-state index in [2.05, 4.69) is 60.1 Å². The largest absolute Gasteiger partial charge is 0.404 e. The molecule has 0 bridgehead atoms. The number of rotatable bonds is 10. The third kappa shape index (κ3) is 5.89. The molecule has 0 saturated carbocycles. The van der Waals surface area contributed by atoms with Crippen molar-refractivity contribution in [3.8, 4) is 0 Å². The molecule has 0 aromatic heterocycles. The second kappa shape index (κ2) is 11.8. The van der Waals surface area contributed by atoms with Crippen LogP contribution in [0.3, 0.4) is 0 Å². The van der Waals surface area contributed by atoms with Crippen molar-refractivity contribution >= 4 is 23.7 Å². The van der Waals surface area contributed by atoms with Gasteiger partial charge in [0.25, 0.3) is 0 Å². The fraction of sp³-hybridized carbons (Fsp3) is 0.615. The van der Waals surface area contributed by atoms with Gasteiger partial charge >= 0.3 is 6.03 Å². The first-order chi connectivity index (χ1) is 15.5. The lowest BCUT2D eigenvalue weighted by molar-refractivity contribution is 0.160. The van der Waals surface area contributed by atoms with Crippen LogP contribution in [0.15, 0.2) is 40.4 Å². The highest BCUT2D eigenvalue weighted by Gasteiger charge is 2.45. The fourth-order valence-corrected chi connectivity index (χ4v) is 5.81. The van der Waals surface area contributed by atoms with Crippen molar-refractivity contribution < 1.29 is 4.79 Å². The molecular weight excluding hydrogens is 416 g/mol. The van der Waals surface area contributed by atoms with Crippen LogP contribution >= 0.6 is 11.9 Å². The first-order valence-corrected chi connectivity index (χ1v) is 13.1. The summed E-state index contributed by atoms with van der Waals surface area (Å²) in [4.78, 5) is 18.5. The van der Waals surface area contributed by atoms with Gasteiger partial charge in [-0.1, -0.05) is 64.3 Å². The minimum Gasteiger partial charge on any atom is -0.404 e. The standard InChI is InChI=1S/C26H40N4OS/c1-4-14-26(15-13-19(3)5-2)17-20-10-6-7-11-21(20)24(26)29-25(31)30-32-23(18-27)22-12-8-9-16-28-22/h6-7,10-11,18-19,24H,4-5,8-9,12-17,27H2,1-3H3,(H2,29,30,31)/b23-18+. The van der Waals surface area contributed by atoms with Gasteiger partial charge in [0, 0.05) is 12.7 Å². The molecule has 1 aliphatic heterocycles. The van der Waals surface area contributed by atoms with Crippen LogP contribution in [-0.2, 0) is 6.42 Å². The van der Waals surface area contributed by atoms with Crippen molar-refractivity contribution in [2.75, 3.05) is 6.54 Å². The first kappa shape index (κ1) is 24.7. The van der Waals surface area contributed by atoms with E-state index in [1.165, 1.54) is 35.9 Å². The number of carbonyl (C=O) groups is 1. The van der Waals surface area contributed by atoms with Crippen LogP contribution in [0.25, 0.3) is 0 Å². The minimum absolute atomic E-state index is 0.0284. The molecule has 6 heteroatoms. The average molecular weight is 457 g/mol. The summed E-state index contributed by atoms with van der Waals surface area (Å²) in [6.45, 7) is 7.69. The number of urea groups is 1. The molecule has 32 heavy (non-hydrogen) atoms. The van der Waals surface area contributed by atoms with Gasteiger partial charge in [-0.05, 0) is 72.9 Å². The first-order valence-electron chi connectivity index (χ1n) is 12.3.